The minimum absolute atomic E-state index is 0.184. The van der Waals surface area contributed by atoms with Gasteiger partial charge in [0.15, 0.2) is 0 Å². The van der Waals surface area contributed by atoms with Crippen molar-refractivity contribution < 1.29 is 9.90 Å². The molecule has 1 atom stereocenters. The Morgan fingerprint density at radius 2 is 1.94 bits per heavy atom. The van der Waals surface area contributed by atoms with Crippen LogP contribution in [0.5, 0.6) is 0 Å². The second kappa shape index (κ2) is 6.24. The number of carboxylic acids is 1. The number of nitrogens with two attached hydrogens (primary N) is 1. The third-order valence-corrected chi connectivity index (χ3v) is 3.11. The summed E-state index contributed by atoms with van der Waals surface area (Å²) in [5.41, 5.74) is 5.99. The summed E-state index contributed by atoms with van der Waals surface area (Å²) in [7, 11) is 0. The van der Waals surface area contributed by atoms with E-state index < -0.39 is 11.5 Å². The highest BCUT2D eigenvalue weighted by Gasteiger charge is 2.36. The van der Waals surface area contributed by atoms with Crippen molar-refractivity contribution in [2.75, 3.05) is 11.8 Å². The van der Waals surface area contributed by atoms with Crippen LogP contribution in [-0.2, 0) is 16.8 Å². The summed E-state index contributed by atoms with van der Waals surface area (Å²) in [5.74, 6) is -0.453. The molecule has 0 aliphatic heterocycles. The number of hydrogen-bond acceptors (Lipinski definition) is 2. The van der Waals surface area contributed by atoms with Crippen LogP contribution in [0.15, 0.2) is 24.3 Å². The van der Waals surface area contributed by atoms with Gasteiger partial charge >= 0.3 is 5.97 Å². The fourth-order valence-electron chi connectivity index (χ4n) is 1.78. The Balaban J connectivity index is 3.22. The van der Waals surface area contributed by atoms with Crippen LogP contribution >= 0.6 is 23.2 Å². The van der Waals surface area contributed by atoms with Crippen molar-refractivity contribution in [1.82, 2.24) is 0 Å². The second-order valence-corrected chi connectivity index (χ2v) is 4.57. The van der Waals surface area contributed by atoms with Crippen LogP contribution in [0.2, 0.25) is 0 Å². The number of alkyl halides is 2. The smallest absolute Gasteiger partial charge is 0.328 e. The molecule has 5 heteroatoms. The van der Waals surface area contributed by atoms with E-state index in [1.807, 2.05) is 12.1 Å². The minimum atomic E-state index is -1.44. The summed E-state index contributed by atoms with van der Waals surface area (Å²) >= 11 is 11.3. The largest absolute Gasteiger partial charge is 0.480 e. The van der Waals surface area contributed by atoms with Gasteiger partial charge in [0.05, 0.1) is 0 Å². The molecular weight excluding hydrogens is 261 g/mol. The number of carbonyl (C=O) groups is 1. The molecule has 0 saturated heterocycles. The van der Waals surface area contributed by atoms with Gasteiger partial charge < -0.3 is 10.8 Å². The Kier molecular flexibility index (Phi) is 5.25. The predicted molar refractivity (Wildman–Crippen MR) is 69.7 cm³/mol. The van der Waals surface area contributed by atoms with E-state index in [4.69, 9.17) is 28.9 Å². The number of hydrogen-bond donors (Lipinski definition) is 2. The van der Waals surface area contributed by atoms with Crippen molar-refractivity contribution >= 4 is 29.2 Å². The zero-order chi connectivity index (χ0) is 12.9. The van der Waals surface area contributed by atoms with E-state index in [9.17, 15) is 9.90 Å². The highest BCUT2D eigenvalue weighted by Crippen LogP contribution is 2.27. The van der Waals surface area contributed by atoms with Gasteiger partial charge in [-0.1, -0.05) is 24.3 Å². The number of carboxylic acid groups (broad SMARTS) is 1. The Bertz CT molecular complexity index is 398. The van der Waals surface area contributed by atoms with E-state index in [-0.39, 0.29) is 12.3 Å². The summed E-state index contributed by atoms with van der Waals surface area (Å²) in [5, 5.41) is 9.29. The molecular formula is C12H15Cl2NO2. The van der Waals surface area contributed by atoms with Gasteiger partial charge in [0.1, 0.15) is 5.54 Å². The van der Waals surface area contributed by atoms with Crippen LogP contribution in [-0.4, -0.2) is 22.8 Å². The number of halogens is 2. The zero-order valence-electron chi connectivity index (χ0n) is 9.33. The Labute approximate surface area is 111 Å². The van der Waals surface area contributed by atoms with Crippen molar-refractivity contribution in [2.45, 2.75) is 18.4 Å². The lowest BCUT2D eigenvalue weighted by atomic mass is 9.84. The lowest BCUT2D eigenvalue weighted by Gasteiger charge is -2.26. The SMILES string of the molecule is NC(CCCl)(C(=O)O)c1ccccc1CCCl. The van der Waals surface area contributed by atoms with E-state index in [0.29, 0.717) is 17.9 Å². The Hall–Kier alpha value is -0.770. The lowest BCUT2D eigenvalue weighted by molar-refractivity contribution is -0.143. The molecule has 0 amide bonds. The van der Waals surface area contributed by atoms with Crippen molar-refractivity contribution in [3.8, 4) is 0 Å². The fraction of sp³-hybridized carbons (Fsp3) is 0.417. The maximum Gasteiger partial charge on any atom is 0.328 e. The van der Waals surface area contributed by atoms with E-state index >= 15 is 0 Å². The number of aryl methyl sites for hydroxylation is 1. The molecule has 0 bridgehead atoms. The van der Waals surface area contributed by atoms with Crippen LogP contribution in [0.25, 0.3) is 0 Å². The van der Waals surface area contributed by atoms with Crippen molar-refractivity contribution in [3.05, 3.63) is 35.4 Å². The molecule has 1 aromatic rings. The molecule has 0 aromatic heterocycles. The second-order valence-electron chi connectivity index (χ2n) is 3.81. The molecule has 0 aliphatic carbocycles. The van der Waals surface area contributed by atoms with Crippen LogP contribution in [0.3, 0.4) is 0 Å². The first-order valence-electron chi connectivity index (χ1n) is 5.29. The van der Waals surface area contributed by atoms with Crippen molar-refractivity contribution in [3.63, 3.8) is 0 Å². The number of benzene rings is 1. The number of rotatable bonds is 6. The van der Waals surface area contributed by atoms with E-state index in [0.717, 1.165) is 5.56 Å². The fourth-order valence-corrected chi connectivity index (χ4v) is 2.28. The molecule has 1 rings (SSSR count). The van der Waals surface area contributed by atoms with E-state index in [1.54, 1.807) is 12.1 Å². The summed E-state index contributed by atoms with van der Waals surface area (Å²) in [6, 6.07) is 7.18. The van der Waals surface area contributed by atoms with Gasteiger partial charge in [-0.05, 0) is 24.0 Å². The number of aliphatic carboxylic acids is 1. The van der Waals surface area contributed by atoms with Crippen LogP contribution in [0.1, 0.15) is 17.5 Å². The zero-order valence-corrected chi connectivity index (χ0v) is 10.8. The molecule has 0 saturated carbocycles. The first kappa shape index (κ1) is 14.3. The average Bonchev–Trinajstić information content (AvgIpc) is 2.30. The molecule has 94 valence electrons. The molecule has 0 radical (unpaired) electrons. The first-order chi connectivity index (χ1) is 8.06. The third-order valence-electron chi connectivity index (χ3n) is 2.73. The van der Waals surface area contributed by atoms with E-state index in [2.05, 4.69) is 0 Å². The molecule has 0 heterocycles. The van der Waals surface area contributed by atoms with Crippen LogP contribution in [0.4, 0.5) is 0 Å². The van der Waals surface area contributed by atoms with Gasteiger partial charge in [0, 0.05) is 11.8 Å². The quantitative estimate of drug-likeness (QED) is 0.784. The topological polar surface area (TPSA) is 63.3 Å². The molecule has 1 aromatic carbocycles. The Morgan fingerprint density at radius 3 is 2.47 bits per heavy atom. The predicted octanol–water partition coefficient (Wildman–Crippen LogP) is 2.34. The standard InChI is InChI=1S/C12H15Cl2NO2/c13-7-5-9-3-1-2-4-10(9)12(15,6-8-14)11(16)17/h1-4H,5-8,15H2,(H,16,17). The van der Waals surface area contributed by atoms with Gasteiger partial charge in [-0.2, -0.15) is 0 Å². The van der Waals surface area contributed by atoms with Gasteiger partial charge in [-0.25, -0.2) is 4.79 Å². The first-order valence-corrected chi connectivity index (χ1v) is 6.35. The molecule has 3 N–H and O–H groups in total. The summed E-state index contributed by atoms with van der Waals surface area (Å²) in [4.78, 5) is 11.4. The summed E-state index contributed by atoms with van der Waals surface area (Å²) in [6.45, 7) is 0. The van der Waals surface area contributed by atoms with Crippen LogP contribution < -0.4 is 5.73 Å². The average molecular weight is 276 g/mol. The summed E-state index contributed by atoms with van der Waals surface area (Å²) in [6.07, 6.45) is 0.773. The molecule has 17 heavy (non-hydrogen) atoms. The highest BCUT2D eigenvalue weighted by molar-refractivity contribution is 6.18. The summed E-state index contributed by atoms with van der Waals surface area (Å²) < 4.78 is 0. The lowest BCUT2D eigenvalue weighted by Crippen LogP contribution is -2.46. The van der Waals surface area contributed by atoms with E-state index in [1.165, 1.54) is 0 Å². The minimum Gasteiger partial charge on any atom is -0.480 e. The normalized spacial score (nSPS) is 14.3. The molecule has 0 aliphatic rings. The van der Waals surface area contributed by atoms with Gasteiger partial charge in [-0.3, -0.25) is 0 Å². The van der Waals surface area contributed by atoms with Crippen molar-refractivity contribution in [1.29, 1.82) is 0 Å². The third kappa shape index (κ3) is 3.12. The highest BCUT2D eigenvalue weighted by atomic mass is 35.5. The molecule has 1 unspecified atom stereocenters. The molecule has 3 nitrogen and oxygen atoms in total. The van der Waals surface area contributed by atoms with Crippen LogP contribution in [0, 0.1) is 0 Å². The maximum absolute atomic E-state index is 11.4. The Morgan fingerprint density at radius 1 is 1.29 bits per heavy atom. The molecule has 0 spiro atoms. The maximum atomic E-state index is 11.4. The monoisotopic (exact) mass is 275 g/mol. The van der Waals surface area contributed by atoms with Crippen molar-refractivity contribution in [2.24, 2.45) is 5.73 Å². The van der Waals surface area contributed by atoms with Gasteiger partial charge in [0.25, 0.3) is 0 Å². The van der Waals surface area contributed by atoms with Gasteiger partial charge in [0.2, 0.25) is 0 Å². The molecule has 0 fully saturated rings. The van der Waals surface area contributed by atoms with Gasteiger partial charge in [-0.15, -0.1) is 23.2 Å².